The summed E-state index contributed by atoms with van der Waals surface area (Å²) < 4.78 is 17.9. The minimum Gasteiger partial charge on any atom is -0.484 e. The third-order valence-electron chi connectivity index (χ3n) is 2.83. The van der Waals surface area contributed by atoms with E-state index in [0.29, 0.717) is 17.3 Å². The van der Waals surface area contributed by atoms with Gasteiger partial charge in [0.25, 0.3) is 5.91 Å². The summed E-state index contributed by atoms with van der Waals surface area (Å²) in [4.78, 5) is 11.6. The summed E-state index contributed by atoms with van der Waals surface area (Å²) in [7, 11) is 0. The Balaban J connectivity index is 1.67. The van der Waals surface area contributed by atoms with Gasteiger partial charge in [-0.2, -0.15) is 0 Å². The molecule has 0 atom stereocenters. The van der Waals surface area contributed by atoms with Gasteiger partial charge in [-0.15, -0.1) is 0 Å². The van der Waals surface area contributed by atoms with Gasteiger partial charge in [-0.25, -0.2) is 4.39 Å². The molecule has 21 heavy (non-hydrogen) atoms. The van der Waals surface area contributed by atoms with Gasteiger partial charge < -0.3 is 10.1 Å². The van der Waals surface area contributed by atoms with Crippen molar-refractivity contribution in [3.05, 3.63) is 64.9 Å². The second-order valence-electron chi connectivity index (χ2n) is 4.47. The predicted molar refractivity (Wildman–Crippen MR) is 80.1 cm³/mol. The fourth-order valence-corrected chi connectivity index (χ4v) is 1.85. The molecule has 0 aliphatic heterocycles. The summed E-state index contributed by atoms with van der Waals surface area (Å²) in [5, 5.41) is 3.45. The molecule has 0 spiro atoms. The quantitative estimate of drug-likeness (QED) is 0.890. The highest BCUT2D eigenvalue weighted by atomic mass is 35.5. The van der Waals surface area contributed by atoms with Crippen LogP contribution in [0.25, 0.3) is 0 Å². The first-order valence-electron chi connectivity index (χ1n) is 6.53. The monoisotopic (exact) mass is 307 g/mol. The number of rotatable bonds is 6. The van der Waals surface area contributed by atoms with Gasteiger partial charge in [-0.05, 0) is 48.4 Å². The van der Waals surface area contributed by atoms with E-state index < -0.39 is 0 Å². The Hall–Kier alpha value is -2.07. The smallest absolute Gasteiger partial charge is 0.257 e. The number of carbonyl (C=O) groups is 1. The van der Waals surface area contributed by atoms with Crippen LogP contribution in [0.3, 0.4) is 0 Å². The Bertz CT molecular complexity index is 584. The van der Waals surface area contributed by atoms with Crippen LogP contribution in [0.5, 0.6) is 5.75 Å². The molecule has 3 nitrogen and oxygen atoms in total. The first-order chi connectivity index (χ1) is 10.1. The molecule has 0 heterocycles. The zero-order valence-corrected chi connectivity index (χ0v) is 12.1. The van der Waals surface area contributed by atoms with Gasteiger partial charge in [0.1, 0.15) is 11.6 Å². The maximum Gasteiger partial charge on any atom is 0.257 e. The van der Waals surface area contributed by atoms with E-state index >= 15 is 0 Å². The lowest BCUT2D eigenvalue weighted by Gasteiger charge is -2.07. The van der Waals surface area contributed by atoms with Crippen LogP contribution in [0.15, 0.2) is 48.5 Å². The predicted octanol–water partition coefficient (Wildman–Crippen LogP) is 3.22. The third kappa shape index (κ3) is 5.44. The first-order valence-corrected chi connectivity index (χ1v) is 6.91. The molecule has 1 amide bonds. The van der Waals surface area contributed by atoms with Crippen LogP contribution in [0, 0.1) is 5.82 Å². The topological polar surface area (TPSA) is 38.3 Å². The van der Waals surface area contributed by atoms with E-state index in [1.165, 1.54) is 24.3 Å². The van der Waals surface area contributed by atoms with Crippen molar-refractivity contribution in [2.45, 2.75) is 6.42 Å². The van der Waals surface area contributed by atoms with Crippen molar-refractivity contribution in [3.8, 4) is 5.75 Å². The van der Waals surface area contributed by atoms with Gasteiger partial charge in [0.2, 0.25) is 0 Å². The zero-order valence-electron chi connectivity index (χ0n) is 11.3. The second kappa shape index (κ2) is 7.64. The minimum absolute atomic E-state index is 0.0910. The Morgan fingerprint density at radius 2 is 1.76 bits per heavy atom. The molecule has 110 valence electrons. The maximum atomic E-state index is 12.7. The van der Waals surface area contributed by atoms with Crippen LogP contribution in [0.4, 0.5) is 4.39 Å². The van der Waals surface area contributed by atoms with Gasteiger partial charge in [-0.1, -0.05) is 23.7 Å². The molecule has 0 aliphatic carbocycles. The van der Waals surface area contributed by atoms with Crippen molar-refractivity contribution in [1.29, 1.82) is 0 Å². The Labute approximate surface area is 127 Å². The number of ether oxygens (including phenoxy) is 1. The van der Waals surface area contributed by atoms with E-state index in [0.717, 1.165) is 12.0 Å². The molecule has 2 aromatic rings. The standard InChI is InChI=1S/C16H15ClFNO2/c17-13-3-1-12(2-4-13)9-10-19-16(20)11-21-15-7-5-14(18)6-8-15/h1-8H,9-11H2,(H,19,20). The number of hydrogen-bond donors (Lipinski definition) is 1. The van der Waals surface area contributed by atoms with Crippen LogP contribution in [-0.4, -0.2) is 19.1 Å². The third-order valence-corrected chi connectivity index (χ3v) is 3.08. The van der Waals surface area contributed by atoms with Crippen molar-refractivity contribution in [1.82, 2.24) is 5.32 Å². The van der Waals surface area contributed by atoms with Crippen LogP contribution in [0.2, 0.25) is 5.02 Å². The number of nitrogens with one attached hydrogen (secondary N) is 1. The summed E-state index contributed by atoms with van der Waals surface area (Å²) in [6, 6.07) is 13.0. The van der Waals surface area contributed by atoms with Crippen molar-refractivity contribution in [3.63, 3.8) is 0 Å². The summed E-state index contributed by atoms with van der Waals surface area (Å²) >= 11 is 5.80. The number of benzene rings is 2. The molecule has 5 heteroatoms. The van der Waals surface area contributed by atoms with E-state index in [9.17, 15) is 9.18 Å². The lowest BCUT2D eigenvalue weighted by Crippen LogP contribution is -2.30. The molecule has 2 aromatic carbocycles. The lowest BCUT2D eigenvalue weighted by molar-refractivity contribution is -0.123. The normalized spacial score (nSPS) is 10.2. The van der Waals surface area contributed by atoms with E-state index in [1.807, 2.05) is 24.3 Å². The van der Waals surface area contributed by atoms with Gasteiger partial charge in [0.05, 0.1) is 0 Å². The van der Waals surface area contributed by atoms with Gasteiger partial charge in [0.15, 0.2) is 6.61 Å². The van der Waals surface area contributed by atoms with Crippen LogP contribution >= 0.6 is 11.6 Å². The second-order valence-corrected chi connectivity index (χ2v) is 4.91. The molecular weight excluding hydrogens is 293 g/mol. The van der Waals surface area contributed by atoms with E-state index in [-0.39, 0.29) is 18.3 Å². The summed E-state index contributed by atoms with van der Waals surface area (Å²) in [6.45, 7) is 0.430. The summed E-state index contributed by atoms with van der Waals surface area (Å²) in [5.41, 5.74) is 1.10. The van der Waals surface area contributed by atoms with E-state index in [2.05, 4.69) is 5.32 Å². The number of carbonyl (C=O) groups excluding carboxylic acids is 1. The van der Waals surface area contributed by atoms with Gasteiger partial charge >= 0.3 is 0 Å². The molecule has 0 aliphatic rings. The van der Waals surface area contributed by atoms with E-state index in [1.54, 1.807) is 0 Å². The minimum atomic E-state index is -0.338. The lowest BCUT2D eigenvalue weighted by atomic mass is 10.1. The number of halogens is 2. The molecule has 0 fully saturated rings. The number of hydrogen-bond acceptors (Lipinski definition) is 2. The van der Waals surface area contributed by atoms with Crippen molar-refractivity contribution in [2.75, 3.05) is 13.2 Å². The van der Waals surface area contributed by atoms with Crippen molar-refractivity contribution < 1.29 is 13.9 Å². The zero-order chi connectivity index (χ0) is 15.1. The van der Waals surface area contributed by atoms with E-state index in [4.69, 9.17) is 16.3 Å². The molecule has 0 unspecified atom stereocenters. The average Bonchev–Trinajstić information content (AvgIpc) is 2.49. The molecular formula is C16H15ClFNO2. The SMILES string of the molecule is O=C(COc1ccc(F)cc1)NCCc1ccc(Cl)cc1. The molecule has 0 aromatic heterocycles. The first kappa shape index (κ1) is 15.3. The summed E-state index contributed by atoms with van der Waals surface area (Å²) in [6.07, 6.45) is 0.722. The van der Waals surface area contributed by atoms with Gasteiger partial charge in [0, 0.05) is 11.6 Å². The molecule has 0 saturated heterocycles. The fraction of sp³-hybridized carbons (Fsp3) is 0.188. The highest BCUT2D eigenvalue weighted by Crippen LogP contribution is 2.11. The summed E-state index contributed by atoms with van der Waals surface area (Å²) in [5.74, 6) is -0.0905. The molecule has 0 bridgehead atoms. The van der Waals surface area contributed by atoms with Gasteiger partial charge in [-0.3, -0.25) is 4.79 Å². The van der Waals surface area contributed by atoms with Crippen LogP contribution < -0.4 is 10.1 Å². The fourth-order valence-electron chi connectivity index (χ4n) is 1.73. The Morgan fingerprint density at radius 3 is 2.43 bits per heavy atom. The largest absolute Gasteiger partial charge is 0.484 e. The average molecular weight is 308 g/mol. The Kier molecular flexibility index (Phi) is 5.58. The highest BCUT2D eigenvalue weighted by Gasteiger charge is 2.03. The highest BCUT2D eigenvalue weighted by molar-refractivity contribution is 6.30. The molecule has 2 rings (SSSR count). The number of amides is 1. The van der Waals surface area contributed by atoms with Crippen molar-refractivity contribution in [2.24, 2.45) is 0 Å². The molecule has 1 N–H and O–H groups in total. The van der Waals surface area contributed by atoms with Crippen LogP contribution in [-0.2, 0) is 11.2 Å². The maximum absolute atomic E-state index is 12.7. The molecule has 0 saturated carbocycles. The molecule has 0 radical (unpaired) electrons. The Morgan fingerprint density at radius 1 is 1.10 bits per heavy atom. The van der Waals surface area contributed by atoms with Crippen molar-refractivity contribution >= 4 is 17.5 Å². The van der Waals surface area contributed by atoms with Crippen LogP contribution in [0.1, 0.15) is 5.56 Å².